The summed E-state index contributed by atoms with van der Waals surface area (Å²) in [5.41, 5.74) is 6.12. The average molecular weight is 338 g/mol. The van der Waals surface area contributed by atoms with Gasteiger partial charge in [-0.15, -0.1) is 11.3 Å². The second kappa shape index (κ2) is 4.74. The van der Waals surface area contributed by atoms with Gasteiger partial charge < -0.3 is 9.55 Å². The Labute approximate surface area is 147 Å². The van der Waals surface area contributed by atoms with E-state index < -0.39 is 0 Å². The van der Waals surface area contributed by atoms with Crippen molar-refractivity contribution in [3.63, 3.8) is 0 Å². The highest BCUT2D eigenvalue weighted by Gasteiger charge is 2.15. The summed E-state index contributed by atoms with van der Waals surface area (Å²) in [6.45, 7) is 0. The lowest BCUT2D eigenvalue weighted by atomic mass is 10.1. The Morgan fingerprint density at radius 2 is 1.48 bits per heavy atom. The Morgan fingerprint density at radius 3 is 2.40 bits per heavy atom. The van der Waals surface area contributed by atoms with Gasteiger partial charge in [0.1, 0.15) is 0 Å². The first-order valence-corrected chi connectivity index (χ1v) is 9.31. The fraction of sp³-hybridized carbons (Fsp3) is 0. The molecule has 0 aliphatic carbocycles. The van der Waals surface area contributed by atoms with Crippen LogP contribution < -0.4 is 0 Å². The van der Waals surface area contributed by atoms with E-state index in [0.717, 1.165) is 0 Å². The van der Waals surface area contributed by atoms with Crippen molar-refractivity contribution in [1.29, 1.82) is 0 Å². The van der Waals surface area contributed by atoms with Crippen molar-refractivity contribution in [3.8, 4) is 5.69 Å². The van der Waals surface area contributed by atoms with Crippen LogP contribution in [0.5, 0.6) is 0 Å². The van der Waals surface area contributed by atoms with E-state index in [1.165, 1.54) is 49.3 Å². The zero-order valence-corrected chi connectivity index (χ0v) is 14.2. The minimum Gasteiger partial charge on any atom is -0.354 e. The minimum absolute atomic E-state index is 1.19. The van der Waals surface area contributed by atoms with Gasteiger partial charge in [0.15, 0.2) is 0 Å². The first kappa shape index (κ1) is 13.3. The molecule has 0 spiro atoms. The molecule has 0 radical (unpaired) electrons. The third-order valence-corrected chi connectivity index (χ3v) is 5.78. The van der Waals surface area contributed by atoms with Crippen LogP contribution in [0.15, 0.2) is 77.5 Å². The Morgan fingerprint density at radius 1 is 0.640 bits per heavy atom. The standard InChI is InChI=1S/C22H14N2S/c1-2-6-14(7-3-1)24-21-11-20-16(15-8-4-5-9-19(15)23-20)10-17(21)18-12-25-13-22(18)24/h1-13,23H. The molecule has 0 unspecified atom stereocenters. The molecule has 6 rings (SSSR count). The molecule has 3 aromatic carbocycles. The van der Waals surface area contributed by atoms with E-state index in [1.807, 2.05) is 0 Å². The number of thiophene rings is 1. The van der Waals surface area contributed by atoms with Gasteiger partial charge in [-0.05, 0) is 30.3 Å². The van der Waals surface area contributed by atoms with Crippen molar-refractivity contribution >= 4 is 54.9 Å². The van der Waals surface area contributed by atoms with Crippen LogP contribution in [-0.4, -0.2) is 9.55 Å². The lowest BCUT2D eigenvalue weighted by molar-refractivity contribution is 1.18. The van der Waals surface area contributed by atoms with Gasteiger partial charge in [0, 0.05) is 49.0 Å². The summed E-state index contributed by atoms with van der Waals surface area (Å²) in [6, 6.07) is 23.8. The average Bonchev–Trinajstić information content (AvgIpc) is 3.32. The van der Waals surface area contributed by atoms with Gasteiger partial charge in [-0.25, -0.2) is 0 Å². The van der Waals surface area contributed by atoms with Gasteiger partial charge in [0.25, 0.3) is 0 Å². The third-order valence-electron chi connectivity index (χ3n) is 5.05. The first-order chi connectivity index (χ1) is 12.4. The molecule has 0 aliphatic rings. The molecule has 118 valence electrons. The van der Waals surface area contributed by atoms with Gasteiger partial charge in [-0.2, -0.15) is 0 Å². The van der Waals surface area contributed by atoms with Crippen LogP contribution in [0, 0.1) is 0 Å². The third kappa shape index (κ3) is 1.73. The number of aromatic amines is 1. The summed E-state index contributed by atoms with van der Waals surface area (Å²) in [4.78, 5) is 3.57. The second-order valence-electron chi connectivity index (χ2n) is 6.43. The van der Waals surface area contributed by atoms with Crippen LogP contribution >= 0.6 is 11.3 Å². The smallest absolute Gasteiger partial charge is 0.0648 e. The molecule has 1 N–H and O–H groups in total. The van der Waals surface area contributed by atoms with E-state index in [4.69, 9.17) is 0 Å². The summed E-state index contributed by atoms with van der Waals surface area (Å²) in [6.07, 6.45) is 0. The zero-order valence-electron chi connectivity index (χ0n) is 13.4. The lowest BCUT2D eigenvalue weighted by Crippen LogP contribution is -1.92. The van der Waals surface area contributed by atoms with Crippen molar-refractivity contribution in [2.24, 2.45) is 0 Å². The maximum absolute atomic E-state index is 3.57. The zero-order chi connectivity index (χ0) is 16.4. The molecule has 0 fully saturated rings. The quantitative estimate of drug-likeness (QED) is 0.354. The van der Waals surface area contributed by atoms with E-state index in [9.17, 15) is 0 Å². The fourth-order valence-electron chi connectivity index (χ4n) is 3.94. The number of nitrogens with one attached hydrogen (secondary N) is 1. The number of benzene rings is 3. The predicted molar refractivity (Wildman–Crippen MR) is 108 cm³/mol. The Balaban J connectivity index is 1.84. The van der Waals surface area contributed by atoms with Gasteiger partial charge in [-0.3, -0.25) is 0 Å². The number of para-hydroxylation sites is 2. The van der Waals surface area contributed by atoms with Crippen LogP contribution in [0.25, 0.3) is 49.3 Å². The predicted octanol–water partition coefficient (Wildman–Crippen LogP) is 6.48. The Hall–Kier alpha value is -3.04. The van der Waals surface area contributed by atoms with Crippen LogP contribution in [0.3, 0.4) is 0 Å². The van der Waals surface area contributed by atoms with E-state index in [2.05, 4.69) is 87.0 Å². The maximum atomic E-state index is 3.57. The number of hydrogen-bond acceptors (Lipinski definition) is 1. The molecule has 3 heteroatoms. The van der Waals surface area contributed by atoms with Gasteiger partial charge >= 0.3 is 0 Å². The molecule has 0 atom stereocenters. The molecule has 0 bridgehead atoms. The van der Waals surface area contributed by atoms with E-state index in [-0.39, 0.29) is 0 Å². The monoisotopic (exact) mass is 338 g/mol. The summed E-state index contributed by atoms with van der Waals surface area (Å²) >= 11 is 1.77. The van der Waals surface area contributed by atoms with E-state index >= 15 is 0 Å². The highest BCUT2D eigenvalue weighted by atomic mass is 32.1. The highest BCUT2D eigenvalue weighted by Crippen LogP contribution is 2.38. The van der Waals surface area contributed by atoms with Crippen LogP contribution in [0.2, 0.25) is 0 Å². The number of fused-ring (bicyclic) bond motifs is 6. The summed E-state index contributed by atoms with van der Waals surface area (Å²) in [5, 5.41) is 9.73. The molecular weight excluding hydrogens is 324 g/mol. The molecule has 3 aromatic heterocycles. The fourth-order valence-corrected chi connectivity index (χ4v) is 4.75. The lowest BCUT2D eigenvalue weighted by Gasteiger charge is -2.06. The maximum Gasteiger partial charge on any atom is 0.0648 e. The van der Waals surface area contributed by atoms with Crippen LogP contribution in [-0.2, 0) is 0 Å². The van der Waals surface area contributed by atoms with Gasteiger partial charge in [0.05, 0.1) is 11.0 Å². The highest BCUT2D eigenvalue weighted by molar-refractivity contribution is 7.09. The number of H-pyrrole nitrogens is 1. The van der Waals surface area contributed by atoms with Crippen molar-refractivity contribution in [3.05, 3.63) is 77.5 Å². The number of aromatic nitrogens is 2. The minimum atomic E-state index is 1.19. The van der Waals surface area contributed by atoms with Gasteiger partial charge in [0.2, 0.25) is 0 Å². The molecule has 0 amide bonds. The second-order valence-corrected chi connectivity index (χ2v) is 7.17. The van der Waals surface area contributed by atoms with Crippen molar-refractivity contribution in [2.45, 2.75) is 0 Å². The molecule has 0 aliphatic heterocycles. The molecule has 6 aromatic rings. The molecule has 25 heavy (non-hydrogen) atoms. The van der Waals surface area contributed by atoms with E-state index in [1.54, 1.807) is 11.3 Å². The summed E-state index contributed by atoms with van der Waals surface area (Å²) in [7, 11) is 0. The topological polar surface area (TPSA) is 20.7 Å². The van der Waals surface area contributed by atoms with Crippen molar-refractivity contribution in [1.82, 2.24) is 9.55 Å². The largest absolute Gasteiger partial charge is 0.354 e. The SMILES string of the molecule is c1ccc(-n2c3cscc3c3cc4c(cc32)[nH]c2ccccc24)cc1. The van der Waals surface area contributed by atoms with Gasteiger partial charge in [-0.1, -0.05) is 36.4 Å². The van der Waals surface area contributed by atoms with Crippen molar-refractivity contribution < 1.29 is 0 Å². The van der Waals surface area contributed by atoms with Crippen LogP contribution in [0.1, 0.15) is 0 Å². The Bertz CT molecular complexity index is 1380. The molecular formula is C22H14N2S. The normalized spacial score (nSPS) is 12.0. The number of rotatable bonds is 1. The molecule has 0 saturated heterocycles. The Kier molecular flexibility index (Phi) is 2.52. The summed E-state index contributed by atoms with van der Waals surface area (Å²) < 4.78 is 2.37. The first-order valence-electron chi connectivity index (χ1n) is 8.36. The summed E-state index contributed by atoms with van der Waals surface area (Å²) in [5.74, 6) is 0. The van der Waals surface area contributed by atoms with E-state index in [0.29, 0.717) is 0 Å². The van der Waals surface area contributed by atoms with Crippen LogP contribution in [0.4, 0.5) is 0 Å². The molecule has 2 nitrogen and oxygen atoms in total. The molecule has 3 heterocycles. The van der Waals surface area contributed by atoms with Crippen molar-refractivity contribution in [2.75, 3.05) is 0 Å². The number of nitrogens with zero attached hydrogens (tertiary/aromatic N) is 1. The molecule has 0 saturated carbocycles. The number of hydrogen-bond donors (Lipinski definition) is 1.